The molecule has 1 aromatic heterocycles. The van der Waals surface area contributed by atoms with E-state index in [4.69, 9.17) is 0 Å². The second kappa shape index (κ2) is 8.19. The molecule has 0 saturated carbocycles. The number of carbonyl (C=O) groups is 1. The molecule has 0 spiro atoms. The van der Waals surface area contributed by atoms with Crippen LogP contribution in [0.15, 0.2) is 49.2 Å². The summed E-state index contributed by atoms with van der Waals surface area (Å²) in [5.74, 6) is -0.743. The minimum atomic E-state index is -0.492. The highest BCUT2D eigenvalue weighted by atomic mass is 19.1. The molecule has 126 valence electrons. The first-order valence-corrected chi connectivity index (χ1v) is 7.61. The highest BCUT2D eigenvalue weighted by Gasteiger charge is 2.15. The SMILES string of the molecule is C=CCNC(=O)c1ccc(NC(CC)c2cc(F)ccc2F)nc1. The maximum atomic E-state index is 13.9. The van der Waals surface area contributed by atoms with Crippen LogP contribution in [0.2, 0.25) is 0 Å². The molecule has 0 fully saturated rings. The Kier molecular flexibility index (Phi) is 6.01. The van der Waals surface area contributed by atoms with Gasteiger partial charge in [-0.2, -0.15) is 0 Å². The topological polar surface area (TPSA) is 54.0 Å². The molecule has 1 amide bonds. The minimum Gasteiger partial charge on any atom is -0.363 e. The van der Waals surface area contributed by atoms with Crippen LogP contribution in [-0.2, 0) is 0 Å². The Morgan fingerprint density at radius 3 is 2.75 bits per heavy atom. The number of nitrogens with zero attached hydrogens (tertiary/aromatic N) is 1. The largest absolute Gasteiger partial charge is 0.363 e. The third kappa shape index (κ3) is 4.38. The number of anilines is 1. The van der Waals surface area contributed by atoms with Crippen LogP contribution >= 0.6 is 0 Å². The van der Waals surface area contributed by atoms with E-state index in [2.05, 4.69) is 22.2 Å². The van der Waals surface area contributed by atoms with E-state index in [9.17, 15) is 13.6 Å². The van der Waals surface area contributed by atoms with E-state index in [-0.39, 0.29) is 11.5 Å². The second-order valence-electron chi connectivity index (χ2n) is 5.20. The molecular formula is C18H19F2N3O. The van der Waals surface area contributed by atoms with Crippen molar-refractivity contribution in [2.45, 2.75) is 19.4 Å². The zero-order valence-corrected chi connectivity index (χ0v) is 13.4. The molecule has 4 nitrogen and oxygen atoms in total. The van der Waals surface area contributed by atoms with Gasteiger partial charge in [0.25, 0.3) is 5.91 Å². The van der Waals surface area contributed by atoms with E-state index in [1.165, 1.54) is 12.3 Å². The zero-order valence-electron chi connectivity index (χ0n) is 13.4. The number of carbonyl (C=O) groups excluding carboxylic acids is 1. The fraction of sp³-hybridized carbons (Fsp3) is 0.222. The van der Waals surface area contributed by atoms with Gasteiger partial charge in [0.2, 0.25) is 0 Å². The molecule has 1 heterocycles. The van der Waals surface area contributed by atoms with Gasteiger partial charge in [0, 0.05) is 18.3 Å². The summed E-state index contributed by atoms with van der Waals surface area (Å²) < 4.78 is 27.3. The van der Waals surface area contributed by atoms with Crippen molar-refractivity contribution in [3.63, 3.8) is 0 Å². The molecule has 0 aliphatic carbocycles. The van der Waals surface area contributed by atoms with Gasteiger partial charge < -0.3 is 10.6 Å². The van der Waals surface area contributed by atoms with Gasteiger partial charge in [-0.3, -0.25) is 4.79 Å². The molecule has 1 aromatic carbocycles. The van der Waals surface area contributed by atoms with Gasteiger partial charge in [-0.25, -0.2) is 13.8 Å². The van der Waals surface area contributed by atoms with Crippen molar-refractivity contribution in [2.24, 2.45) is 0 Å². The zero-order chi connectivity index (χ0) is 17.5. The number of nitrogens with one attached hydrogen (secondary N) is 2. The smallest absolute Gasteiger partial charge is 0.253 e. The van der Waals surface area contributed by atoms with E-state index in [1.54, 1.807) is 18.2 Å². The molecular weight excluding hydrogens is 312 g/mol. The molecule has 24 heavy (non-hydrogen) atoms. The monoisotopic (exact) mass is 331 g/mol. The average Bonchev–Trinajstić information content (AvgIpc) is 2.60. The summed E-state index contributed by atoms with van der Waals surface area (Å²) in [7, 11) is 0. The Hall–Kier alpha value is -2.76. The number of halogens is 2. The molecule has 0 aliphatic rings. The van der Waals surface area contributed by atoms with Crippen molar-refractivity contribution in [2.75, 3.05) is 11.9 Å². The Balaban J connectivity index is 2.12. The molecule has 2 N–H and O–H groups in total. The molecule has 1 atom stereocenters. The summed E-state index contributed by atoms with van der Waals surface area (Å²) in [4.78, 5) is 15.9. The normalized spacial score (nSPS) is 11.6. The quantitative estimate of drug-likeness (QED) is 0.758. The van der Waals surface area contributed by atoms with E-state index in [0.717, 1.165) is 12.1 Å². The van der Waals surface area contributed by atoms with E-state index >= 15 is 0 Å². The number of rotatable bonds is 7. The van der Waals surface area contributed by atoms with Crippen molar-refractivity contribution in [3.05, 3.63) is 71.9 Å². The molecule has 0 radical (unpaired) electrons. The molecule has 2 aromatic rings. The third-order valence-electron chi connectivity index (χ3n) is 3.50. The van der Waals surface area contributed by atoms with Crippen molar-refractivity contribution in [3.8, 4) is 0 Å². The van der Waals surface area contributed by atoms with E-state index in [0.29, 0.717) is 24.3 Å². The summed E-state index contributed by atoms with van der Waals surface area (Å²) in [5, 5.41) is 5.71. The van der Waals surface area contributed by atoms with Crippen molar-refractivity contribution >= 4 is 11.7 Å². The average molecular weight is 331 g/mol. The van der Waals surface area contributed by atoms with Gasteiger partial charge in [0.05, 0.1) is 11.6 Å². The Morgan fingerprint density at radius 1 is 1.33 bits per heavy atom. The van der Waals surface area contributed by atoms with E-state index in [1.807, 2.05) is 6.92 Å². The molecule has 6 heteroatoms. The highest BCUT2D eigenvalue weighted by Crippen LogP contribution is 2.24. The maximum absolute atomic E-state index is 13.9. The van der Waals surface area contributed by atoms with Crippen LogP contribution in [0.3, 0.4) is 0 Å². The Bertz CT molecular complexity index is 717. The number of hydrogen-bond donors (Lipinski definition) is 2. The molecule has 1 unspecified atom stereocenters. The fourth-order valence-electron chi connectivity index (χ4n) is 2.24. The van der Waals surface area contributed by atoms with Crippen molar-refractivity contribution in [1.82, 2.24) is 10.3 Å². The second-order valence-corrected chi connectivity index (χ2v) is 5.20. The molecule has 0 aliphatic heterocycles. The van der Waals surface area contributed by atoms with Crippen molar-refractivity contribution < 1.29 is 13.6 Å². The van der Waals surface area contributed by atoms with Crippen LogP contribution in [-0.4, -0.2) is 17.4 Å². The summed E-state index contributed by atoms with van der Waals surface area (Å²) in [6.07, 6.45) is 3.56. The van der Waals surface area contributed by atoms with E-state index < -0.39 is 17.7 Å². The van der Waals surface area contributed by atoms with Crippen LogP contribution in [0, 0.1) is 11.6 Å². The van der Waals surface area contributed by atoms with Crippen LogP contribution in [0.25, 0.3) is 0 Å². The molecule has 2 rings (SSSR count). The lowest BCUT2D eigenvalue weighted by atomic mass is 10.0. The predicted octanol–water partition coefficient (Wildman–Crippen LogP) is 3.84. The lowest BCUT2D eigenvalue weighted by Gasteiger charge is -2.19. The van der Waals surface area contributed by atoms with Gasteiger partial charge >= 0.3 is 0 Å². The van der Waals surface area contributed by atoms with Gasteiger partial charge in [-0.05, 0) is 36.8 Å². The highest BCUT2D eigenvalue weighted by molar-refractivity contribution is 5.94. The molecule has 0 bridgehead atoms. The van der Waals surface area contributed by atoms with Gasteiger partial charge in [0.1, 0.15) is 17.5 Å². The van der Waals surface area contributed by atoms with Crippen molar-refractivity contribution in [1.29, 1.82) is 0 Å². The van der Waals surface area contributed by atoms with Crippen LogP contribution < -0.4 is 10.6 Å². The first kappa shape index (κ1) is 17.6. The summed E-state index contributed by atoms with van der Waals surface area (Å²) >= 11 is 0. The Labute approximate surface area is 139 Å². The van der Waals surface area contributed by atoms with Crippen LogP contribution in [0.4, 0.5) is 14.6 Å². The fourth-order valence-corrected chi connectivity index (χ4v) is 2.24. The molecule has 0 saturated heterocycles. The maximum Gasteiger partial charge on any atom is 0.253 e. The lowest BCUT2D eigenvalue weighted by Crippen LogP contribution is -2.23. The number of aromatic nitrogens is 1. The van der Waals surface area contributed by atoms with Crippen LogP contribution in [0.5, 0.6) is 0 Å². The van der Waals surface area contributed by atoms with Gasteiger partial charge in [-0.15, -0.1) is 6.58 Å². The lowest BCUT2D eigenvalue weighted by molar-refractivity contribution is 0.0957. The first-order chi connectivity index (χ1) is 11.5. The van der Waals surface area contributed by atoms with Gasteiger partial charge in [-0.1, -0.05) is 13.0 Å². The number of benzene rings is 1. The third-order valence-corrected chi connectivity index (χ3v) is 3.50. The predicted molar refractivity (Wildman–Crippen MR) is 89.8 cm³/mol. The summed E-state index contributed by atoms with van der Waals surface area (Å²) in [6.45, 7) is 5.76. The number of amides is 1. The first-order valence-electron chi connectivity index (χ1n) is 7.61. The van der Waals surface area contributed by atoms with Gasteiger partial charge in [0.15, 0.2) is 0 Å². The number of pyridine rings is 1. The summed E-state index contributed by atoms with van der Waals surface area (Å²) in [6, 6.07) is 6.18. The number of hydrogen-bond acceptors (Lipinski definition) is 3. The standard InChI is InChI=1S/C18H19F2N3O/c1-3-9-21-18(24)12-5-8-17(22-11-12)23-16(4-2)14-10-13(19)6-7-15(14)20/h3,5-8,10-11,16H,1,4,9H2,2H3,(H,21,24)(H,22,23). The Morgan fingerprint density at radius 2 is 2.12 bits per heavy atom. The minimum absolute atomic E-state index is 0.243. The summed E-state index contributed by atoms with van der Waals surface area (Å²) in [5.41, 5.74) is 0.652. The van der Waals surface area contributed by atoms with Crippen LogP contribution in [0.1, 0.15) is 35.3 Å².